The van der Waals surface area contributed by atoms with Crippen LogP contribution in [0.5, 0.6) is 5.75 Å². The Morgan fingerprint density at radius 3 is 2.77 bits per heavy atom. The van der Waals surface area contributed by atoms with E-state index >= 15 is 0 Å². The summed E-state index contributed by atoms with van der Waals surface area (Å²) in [6, 6.07) is 18.2. The molecule has 3 aromatic carbocycles. The van der Waals surface area contributed by atoms with Crippen LogP contribution in [0.3, 0.4) is 0 Å². The molecule has 2 heterocycles. The molecule has 5 rings (SSSR count). The average Bonchev–Trinajstić information content (AvgIpc) is 3.39. The van der Waals surface area contributed by atoms with E-state index in [0.29, 0.717) is 5.69 Å². The Morgan fingerprint density at radius 2 is 1.97 bits per heavy atom. The molecule has 0 aliphatic heterocycles. The standard InChI is InChI=1S/C23H16FN3O2S/c1-29-19-7-6-14(9-18(19)24)23(28)26-16-8-15-12-25-27-22(15)17(11-16)21-10-13-4-2-3-5-20(13)30-21/h2-12H,1H3,(H,25,27)(H,26,28). The quantitative estimate of drug-likeness (QED) is 0.386. The van der Waals surface area contributed by atoms with Crippen molar-refractivity contribution in [1.29, 1.82) is 0 Å². The summed E-state index contributed by atoms with van der Waals surface area (Å²) < 4.78 is 20.1. The summed E-state index contributed by atoms with van der Waals surface area (Å²) in [5.74, 6) is -0.887. The fourth-order valence-corrected chi connectivity index (χ4v) is 4.53. The van der Waals surface area contributed by atoms with Crippen molar-refractivity contribution >= 4 is 43.9 Å². The van der Waals surface area contributed by atoms with Crippen molar-refractivity contribution in [2.75, 3.05) is 12.4 Å². The first-order valence-corrected chi connectivity index (χ1v) is 10.0. The van der Waals surface area contributed by atoms with E-state index in [2.05, 4.69) is 33.7 Å². The highest BCUT2D eigenvalue weighted by molar-refractivity contribution is 7.22. The number of hydrogen-bond donors (Lipinski definition) is 2. The lowest BCUT2D eigenvalue weighted by Gasteiger charge is -2.09. The van der Waals surface area contributed by atoms with Crippen LogP contribution in [0.25, 0.3) is 31.4 Å². The molecule has 0 fully saturated rings. The van der Waals surface area contributed by atoms with Gasteiger partial charge in [-0.3, -0.25) is 9.89 Å². The second-order valence-electron chi connectivity index (χ2n) is 6.81. The summed E-state index contributed by atoms with van der Waals surface area (Å²) in [5.41, 5.74) is 2.67. The predicted octanol–water partition coefficient (Wildman–Crippen LogP) is 5.84. The summed E-state index contributed by atoms with van der Waals surface area (Å²) in [6.07, 6.45) is 1.72. The van der Waals surface area contributed by atoms with Crippen molar-refractivity contribution < 1.29 is 13.9 Å². The molecule has 0 aliphatic carbocycles. The smallest absolute Gasteiger partial charge is 0.255 e. The first-order valence-electron chi connectivity index (χ1n) is 9.23. The molecule has 0 spiro atoms. The maximum absolute atomic E-state index is 14.0. The maximum Gasteiger partial charge on any atom is 0.255 e. The van der Waals surface area contributed by atoms with Gasteiger partial charge in [-0.15, -0.1) is 11.3 Å². The average molecular weight is 417 g/mol. The molecule has 148 valence electrons. The Labute approximate surface area is 175 Å². The van der Waals surface area contributed by atoms with Gasteiger partial charge in [-0.25, -0.2) is 4.39 Å². The minimum Gasteiger partial charge on any atom is -0.494 e. The van der Waals surface area contributed by atoms with E-state index in [-0.39, 0.29) is 11.3 Å². The van der Waals surface area contributed by atoms with Crippen molar-refractivity contribution in [3.05, 3.63) is 78.2 Å². The Kier molecular flexibility index (Phi) is 4.44. The molecule has 0 saturated carbocycles. The van der Waals surface area contributed by atoms with Gasteiger partial charge in [0.2, 0.25) is 0 Å². The molecule has 2 N–H and O–H groups in total. The topological polar surface area (TPSA) is 67.0 Å². The summed E-state index contributed by atoms with van der Waals surface area (Å²) in [7, 11) is 1.38. The number of methoxy groups -OCH3 is 1. The van der Waals surface area contributed by atoms with Gasteiger partial charge < -0.3 is 10.1 Å². The summed E-state index contributed by atoms with van der Waals surface area (Å²) in [6.45, 7) is 0. The van der Waals surface area contributed by atoms with Crippen LogP contribution in [0.15, 0.2) is 66.9 Å². The van der Waals surface area contributed by atoms with Gasteiger partial charge in [0.1, 0.15) is 0 Å². The normalized spacial score (nSPS) is 11.1. The number of anilines is 1. The minimum atomic E-state index is -0.582. The molecular formula is C23H16FN3O2S. The van der Waals surface area contributed by atoms with Crippen LogP contribution in [0.4, 0.5) is 10.1 Å². The summed E-state index contributed by atoms with van der Waals surface area (Å²) in [5, 5.41) is 12.1. The number of H-pyrrole nitrogens is 1. The molecule has 0 bridgehead atoms. The molecular weight excluding hydrogens is 401 g/mol. The second-order valence-corrected chi connectivity index (χ2v) is 7.89. The Balaban J connectivity index is 1.54. The van der Waals surface area contributed by atoms with E-state index in [1.165, 1.54) is 23.9 Å². The number of nitrogens with one attached hydrogen (secondary N) is 2. The zero-order valence-corrected chi connectivity index (χ0v) is 16.7. The third kappa shape index (κ3) is 3.19. The SMILES string of the molecule is COc1ccc(C(=O)Nc2cc(-c3cc4ccccc4s3)c3[nH]ncc3c2)cc1F. The molecule has 1 amide bonds. The Hall–Kier alpha value is -3.71. The Morgan fingerprint density at radius 1 is 1.10 bits per heavy atom. The molecule has 0 unspecified atom stereocenters. The van der Waals surface area contributed by atoms with Crippen LogP contribution in [0.2, 0.25) is 0 Å². The van der Waals surface area contributed by atoms with Crippen LogP contribution < -0.4 is 10.1 Å². The lowest BCUT2D eigenvalue weighted by Crippen LogP contribution is -2.12. The zero-order chi connectivity index (χ0) is 20.7. The number of amides is 1. The molecule has 0 saturated heterocycles. The minimum absolute atomic E-state index is 0.0958. The number of aromatic amines is 1. The number of halogens is 1. The van der Waals surface area contributed by atoms with Gasteiger partial charge in [0.15, 0.2) is 11.6 Å². The molecule has 0 atom stereocenters. The lowest BCUT2D eigenvalue weighted by molar-refractivity contribution is 0.102. The maximum atomic E-state index is 14.0. The van der Waals surface area contributed by atoms with E-state index in [4.69, 9.17) is 4.74 Å². The first kappa shape index (κ1) is 18.3. The number of fused-ring (bicyclic) bond motifs is 2. The van der Waals surface area contributed by atoms with Gasteiger partial charge >= 0.3 is 0 Å². The number of carbonyl (C=O) groups excluding carboxylic acids is 1. The summed E-state index contributed by atoms with van der Waals surface area (Å²) in [4.78, 5) is 13.8. The highest BCUT2D eigenvalue weighted by atomic mass is 32.1. The second kappa shape index (κ2) is 7.27. The lowest BCUT2D eigenvalue weighted by atomic mass is 10.1. The summed E-state index contributed by atoms with van der Waals surface area (Å²) >= 11 is 1.67. The Bertz CT molecular complexity index is 1370. The predicted molar refractivity (Wildman–Crippen MR) is 118 cm³/mol. The first-order chi connectivity index (χ1) is 14.6. The fraction of sp³-hybridized carbons (Fsp3) is 0.0435. The number of thiophene rings is 1. The molecule has 0 radical (unpaired) electrons. The van der Waals surface area contributed by atoms with E-state index in [0.717, 1.165) is 32.8 Å². The number of benzene rings is 3. The van der Waals surface area contributed by atoms with Crippen molar-refractivity contribution in [3.8, 4) is 16.2 Å². The van der Waals surface area contributed by atoms with E-state index in [1.807, 2.05) is 24.3 Å². The van der Waals surface area contributed by atoms with Gasteiger partial charge in [-0.2, -0.15) is 5.10 Å². The van der Waals surface area contributed by atoms with Crippen LogP contribution in [0.1, 0.15) is 10.4 Å². The molecule has 2 aromatic heterocycles. The monoisotopic (exact) mass is 417 g/mol. The number of hydrogen-bond acceptors (Lipinski definition) is 4. The number of rotatable bonds is 4. The van der Waals surface area contributed by atoms with Crippen molar-refractivity contribution in [3.63, 3.8) is 0 Å². The van der Waals surface area contributed by atoms with Crippen molar-refractivity contribution in [1.82, 2.24) is 10.2 Å². The van der Waals surface area contributed by atoms with Gasteiger partial charge in [0.25, 0.3) is 5.91 Å². The van der Waals surface area contributed by atoms with Crippen LogP contribution in [0, 0.1) is 5.82 Å². The zero-order valence-electron chi connectivity index (χ0n) is 15.9. The van der Waals surface area contributed by atoms with E-state index in [1.54, 1.807) is 17.5 Å². The number of ether oxygens (including phenoxy) is 1. The highest BCUT2D eigenvalue weighted by Gasteiger charge is 2.15. The fourth-order valence-electron chi connectivity index (χ4n) is 3.45. The highest BCUT2D eigenvalue weighted by Crippen LogP contribution is 2.38. The van der Waals surface area contributed by atoms with Crippen molar-refractivity contribution in [2.45, 2.75) is 0 Å². The van der Waals surface area contributed by atoms with E-state index < -0.39 is 11.7 Å². The molecule has 5 nitrogen and oxygen atoms in total. The third-order valence-corrected chi connectivity index (χ3v) is 6.06. The molecule has 5 aromatic rings. The van der Waals surface area contributed by atoms with Crippen molar-refractivity contribution in [2.24, 2.45) is 0 Å². The van der Waals surface area contributed by atoms with Crippen LogP contribution in [-0.2, 0) is 0 Å². The van der Waals surface area contributed by atoms with Gasteiger partial charge in [0.05, 0.1) is 18.8 Å². The van der Waals surface area contributed by atoms with Gasteiger partial charge in [0, 0.05) is 31.8 Å². The third-order valence-electron chi connectivity index (χ3n) is 4.91. The number of nitrogens with zero attached hydrogens (tertiary/aromatic N) is 1. The largest absolute Gasteiger partial charge is 0.494 e. The van der Waals surface area contributed by atoms with Crippen LogP contribution >= 0.6 is 11.3 Å². The number of carbonyl (C=O) groups is 1. The molecule has 7 heteroatoms. The molecule has 30 heavy (non-hydrogen) atoms. The van der Waals surface area contributed by atoms with Gasteiger partial charge in [-0.05, 0) is 47.9 Å². The van der Waals surface area contributed by atoms with Crippen LogP contribution in [-0.4, -0.2) is 23.2 Å². The van der Waals surface area contributed by atoms with Gasteiger partial charge in [-0.1, -0.05) is 18.2 Å². The number of aromatic nitrogens is 2. The molecule has 0 aliphatic rings. The van der Waals surface area contributed by atoms with E-state index in [9.17, 15) is 9.18 Å².